The summed E-state index contributed by atoms with van der Waals surface area (Å²) >= 11 is 0. The van der Waals surface area contributed by atoms with Crippen molar-refractivity contribution in [3.8, 4) is 0 Å². The summed E-state index contributed by atoms with van der Waals surface area (Å²) in [6, 6.07) is 12.2. The monoisotopic (exact) mass is 651 g/mol. The van der Waals surface area contributed by atoms with Gasteiger partial charge < -0.3 is 25.0 Å². The van der Waals surface area contributed by atoms with Crippen LogP contribution in [0.2, 0.25) is 0 Å². The van der Waals surface area contributed by atoms with Crippen LogP contribution in [0, 0.1) is 19.8 Å². The predicted molar refractivity (Wildman–Crippen MR) is 186 cm³/mol. The lowest BCUT2D eigenvalue weighted by molar-refractivity contribution is -0.159. The fraction of sp³-hybridized carbons (Fsp3) is 0.579. The van der Waals surface area contributed by atoms with Crippen LogP contribution >= 0.6 is 0 Å². The molecule has 2 rings (SSSR count). The van der Waals surface area contributed by atoms with Gasteiger partial charge in [0, 0.05) is 13.0 Å². The third-order valence-electron chi connectivity index (χ3n) is 7.47. The van der Waals surface area contributed by atoms with E-state index in [0.29, 0.717) is 12.0 Å². The van der Waals surface area contributed by atoms with Crippen molar-refractivity contribution in [2.45, 2.75) is 131 Å². The summed E-state index contributed by atoms with van der Waals surface area (Å²) in [6.45, 7) is 20.5. The second-order valence-corrected chi connectivity index (χ2v) is 14.7. The number of carbonyl (C=O) groups excluding carboxylic acids is 4. The zero-order valence-electron chi connectivity index (χ0n) is 30.4. The molecule has 47 heavy (non-hydrogen) atoms. The topological polar surface area (TPSA) is 114 Å². The van der Waals surface area contributed by atoms with Crippen LogP contribution < -0.4 is 10.6 Å². The van der Waals surface area contributed by atoms with E-state index in [4.69, 9.17) is 9.47 Å². The average Bonchev–Trinajstić information content (AvgIpc) is 2.95. The van der Waals surface area contributed by atoms with E-state index < -0.39 is 53.2 Å². The maximum absolute atomic E-state index is 14.6. The van der Waals surface area contributed by atoms with Gasteiger partial charge in [-0.25, -0.2) is 9.59 Å². The molecule has 0 spiro atoms. The smallest absolute Gasteiger partial charge is 0.408 e. The summed E-state index contributed by atoms with van der Waals surface area (Å²) in [5.74, 6) is -1.78. The van der Waals surface area contributed by atoms with Gasteiger partial charge in [-0.15, -0.1) is 0 Å². The van der Waals surface area contributed by atoms with Crippen molar-refractivity contribution in [1.29, 1.82) is 0 Å². The molecule has 3 atom stereocenters. The van der Waals surface area contributed by atoms with Crippen LogP contribution in [0.4, 0.5) is 4.79 Å². The second kappa shape index (κ2) is 17.3. The minimum atomic E-state index is -1.08. The molecule has 9 heteroatoms. The van der Waals surface area contributed by atoms with Crippen LogP contribution in [-0.4, -0.2) is 58.6 Å². The lowest BCUT2D eigenvalue weighted by atomic mass is 9.94. The molecule has 0 bridgehead atoms. The number of benzene rings is 2. The Morgan fingerprint density at radius 2 is 1.45 bits per heavy atom. The summed E-state index contributed by atoms with van der Waals surface area (Å²) in [4.78, 5) is 57.2. The Morgan fingerprint density at radius 1 is 0.830 bits per heavy atom. The normalized spacial score (nSPS) is 13.7. The van der Waals surface area contributed by atoms with E-state index in [1.807, 2.05) is 76.2 Å². The number of hydrogen-bond acceptors (Lipinski definition) is 6. The molecule has 2 aromatic carbocycles. The molecule has 0 aromatic heterocycles. The van der Waals surface area contributed by atoms with E-state index in [1.165, 1.54) is 0 Å². The third-order valence-corrected chi connectivity index (χ3v) is 7.47. The first kappa shape index (κ1) is 39.3. The molecule has 0 saturated heterocycles. The van der Waals surface area contributed by atoms with Crippen LogP contribution in [-0.2, 0) is 30.3 Å². The number of unbranched alkanes of at least 4 members (excludes halogenated alkanes) is 2. The number of ether oxygens (including phenoxy) is 2. The number of carbonyl (C=O) groups is 4. The minimum Gasteiger partial charge on any atom is -0.458 e. The minimum absolute atomic E-state index is 0.208. The summed E-state index contributed by atoms with van der Waals surface area (Å²) in [6.07, 6.45) is 1.89. The highest BCUT2D eigenvalue weighted by molar-refractivity contribution is 5.94. The highest BCUT2D eigenvalue weighted by Crippen LogP contribution is 2.29. The molecule has 3 amide bonds. The number of aryl methyl sites for hydroxylation is 2. The highest BCUT2D eigenvalue weighted by Gasteiger charge is 2.39. The van der Waals surface area contributed by atoms with Crippen molar-refractivity contribution in [1.82, 2.24) is 15.5 Å². The van der Waals surface area contributed by atoms with Gasteiger partial charge in [0.1, 0.15) is 29.3 Å². The molecule has 0 aliphatic rings. The summed E-state index contributed by atoms with van der Waals surface area (Å²) in [5, 5.41) is 5.75. The van der Waals surface area contributed by atoms with Gasteiger partial charge in [-0.1, -0.05) is 87.7 Å². The summed E-state index contributed by atoms with van der Waals surface area (Å²) < 4.78 is 11.2. The van der Waals surface area contributed by atoms with Crippen LogP contribution in [0.15, 0.2) is 48.5 Å². The number of esters is 1. The molecule has 0 aliphatic carbocycles. The van der Waals surface area contributed by atoms with Gasteiger partial charge in [-0.3, -0.25) is 9.59 Å². The standard InChI is InChI=1S/C38H57N3O6/c1-12-13-17-22-41(34(43)31(25(2)3)40-36(45)47-38(9,10)11)32(29-23-26(4)20-21-27(29)5)33(42)39-30(35(44)46-37(6,7)8)24-28-18-15-14-16-19-28/h14-16,18-21,23,25,30-32H,12-13,17,22,24H2,1-11H3,(H,39,42)(H,40,45). The number of nitrogens with one attached hydrogen (secondary N) is 2. The molecule has 0 aliphatic heterocycles. The van der Waals surface area contributed by atoms with Gasteiger partial charge >= 0.3 is 12.1 Å². The van der Waals surface area contributed by atoms with Crippen LogP contribution in [0.5, 0.6) is 0 Å². The molecule has 0 fully saturated rings. The van der Waals surface area contributed by atoms with Gasteiger partial charge in [0.05, 0.1) is 0 Å². The van der Waals surface area contributed by atoms with Gasteiger partial charge in [0.25, 0.3) is 0 Å². The first-order valence-electron chi connectivity index (χ1n) is 16.8. The lowest BCUT2D eigenvalue weighted by Gasteiger charge is -2.37. The van der Waals surface area contributed by atoms with Crippen LogP contribution in [0.1, 0.15) is 110 Å². The first-order chi connectivity index (χ1) is 21.8. The summed E-state index contributed by atoms with van der Waals surface area (Å²) in [5.41, 5.74) is 1.71. The highest BCUT2D eigenvalue weighted by atomic mass is 16.6. The number of nitrogens with zero attached hydrogens (tertiary/aromatic N) is 1. The number of alkyl carbamates (subject to hydrolysis) is 1. The van der Waals surface area contributed by atoms with Gasteiger partial charge in [-0.2, -0.15) is 0 Å². The van der Waals surface area contributed by atoms with E-state index in [1.54, 1.807) is 46.4 Å². The lowest BCUT2D eigenvalue weighted by Crippen LogP contribution is -2.56. The predicted octanol–water partition coefficient (Wildman–Crippen LogP) is 6.98. The van der Waals surface area contributed by atoms with Gasteiger partial charge in [0.2, 0.25) is 11.8 Å². The Morgan fingerprint density at radius 3 is 2.00 bits per heavy atom. The molecule has 0 heterocycles. The maximum atomic E-state index is 14.6. The molecule has 0 radical (unpaired) electrons. The molecule has 2 N–H and O–H groups in total. The van der Waals surface area contributed by atoms with E-state index >= 15 is 0 Å². The molecule has 0 saturated carbocycles. The van der Waals surface area contributed by atoms with E-state index in [2.05, 4.69) is 17.6 Å². The van der Waals surface area contributed by atoms with Gasteiger partial charge in [0.15, 0.2) is 0 Å². The number of amides is 3. The second-order valence-electron chi connectivity index (χ2n) is 14.7. The fourth-order valence-electron chi connectivity index (χ4n) is 5.20. The molecule has 9 nitrogen and oxygen atoms in total. The van der Waals surface area contributed by atoms with Crippen molar-refractivity contribution in [3.63, 3.8) is 0 Å². The van der Waals surface area contributed by atoms with Crippen molar-refractivity contribution < 1.29 is 28.7 Å². The van der Waals surface area contributed by atoms with E-state index in [-0.39, 0.29) is 18.9 Å². The van der Waals surface area contributed by atoms with Crippen LogP contribution in [0.3, 0.4) is 0 Å². The largest absolute Gasteiger partial charge is 0.458 e. The van der Waals surface area contributed by atoms with Crippen molar-refractivity contribution in [2.24, 2.45) is 5.92 Å². The Balaban J connectivity index is 2.67. The van der Waals surface area contributed by atoms with Crippen molar-refractivity contribution in [3.05, 3.63) is 70.8 Å². The number of rotatable bonds is 14. The third kappa shape index (κ3) is 13.0. The first-order valence-corrected chi connectivity index (χ1v) is 16.8. The van der Waals surface area contributed by atoms with Crippen LogP contribution in [0.25, 0.3) is 0 Å². The molecule has 3 unspecified atom stereocenters. The summed E-state index contributed by atoms with van der Waals surface area (Å²) in [7, 11) is 0. The number of hydrogen-bond donors (Lipinski definition) is 2. The Hall–Kier alpha value is -3.88. The zero-order chi connectivity index (χ0) is 35.5. The quantitative estimate of drug-likeness (QED) is 0.168. The van der Waals surface area contributed by atoms with E-state index in [9.17, 15) is 19.2 Å². The molecule has 2 aromatic rings. The average molecular weight is 652 g/mol. The van der Waals surface area contributed by atoms with Crippen molar-refractivity contribution >= 4 is 23.9 Å². The fourth-order valence-corrected chi connectivity index (χ4v) is 5.20. The Bertz CT molecular complexity index is 1340. The molecule has 260 valence electrons. The van der Waals surface area contributed by atoms with Crippen molar-refractivity contribution in [2.75, 3.05) is 6.54 Å². The Kier molecular flexibility index (Phi) is 14.5. The van der Waals surface area contributed by atoms with E-state index in [0.717, 1.165) is 29.5 Å². The van der Waals surface area contributed by atoms with Gasteiger partial charge in [-0.05, 0) is 84.4 Å². The SMILES string of the molecule is CCCCCN(C(=O)C(NC(=O)OC(C)(C)C)C(C)C)C(C(=O)NC(Cc1ccccc1)C(=O)OC(C)(C)C)c1cc(C)ccc1C. The maximum Gasteiger partial charge on any atom is 0.408 e. The molecular weight excluding hydrogens is 594 g/mol. The zero-order valence-corrected chi connectivity index (χ0v) is 30.4. The molecular formula is C38H57N3O6. The Labute approximate surface area is 282 Å².